The second-order valence-electron chi connectivity index (χ2n) is 5.74. The van der Waals surface area contributed by atoms with Crippen LogP contribution in [0.25, 0.3) is 0 Å². The van der Waals surface area contributed by atoms with Crippen LogP contribution in [-0.2, 0) is 10.0 Å². The van der Waals surface area contributed by atoms with E-state index in [0.717, 1.165) is 5.56 Å². The number of anilines is 2. The van der Waals surface area contributed by atoms with Crippen LogP contribution in [0.4, 0.5) is 16.2 Å². The minimum Gasteiger partial charge on any atom is -0.331 e. The monoisotopic (exact) mass is 347 g/mol. The second kappa shape index (κ2) is 6.92. The lowest BCUT2D eigenvalue weighted by Crippen LogP contribution is -2.28. The van der Waals surface area contributed by atoms with Crippen molar-refractivity contribution >= 4 is 27.4 Å². The molecule has 2 rings (SSSR count). The van der Waals surface area contributed by atoms with Crippen molar-refractivity contribution in [2.75, 3.05) is 24.1 Å². The molecule has 0 aromatic heterocycles. The Morgan fingerprint density at radius 3 is 2.21 bits per heavy atom. The molecule has 0 saturated heterocycles. The lowest BCUT2D eigenvalue weighted by molar-refractivity contribution is 0.230. The van der Waals surface area contributed by atoms with Gasteiger partial charge in [0, 0.05) is 14.1 Å². The zero-order valence-electron chi connectivity index (χ0n) is 14.1. The van der Waals surface area contributed by atoms with E-state index in [-0.39, 0.29) is 10.9 Å². The van der Waals surface area contributed by atoms with Crippen LogP contribution < -0.4 is 10.0 Å². The standard InChI is InChI=1S/C17H21N3O3S/c1-12-9-10-16(13(2)11-12)24(22,23)19-15-8-6-5-7-14(15)18-17(21)20(3)4/h5-11,19H,1-4H3,(H,18,21). The zero-order valence-corrected chi connectivity index (χ0v) is 14.9. The van der Waals surface area contributed by atoms with Gasteiger partial charge >= 0.3 is 6.03 Å². The molecule has 0 heterocycles. The van der Waals surface area contributed by atoms with Crippen LogP contribution in [0.3, 0.4) is 0 Å². The van der Waals surface area contributed by atoms with Crippen molar-refractivity contribution in [1.82, 2.24) is 4.90 Å². The Balaban J connectivity index is 2.35. The average molecular weight is 347 g/mol. The molecule has 2 N–H and O–H groups in total. The number of rotatable bonds is 4. The lowest BCUT2D eigenvalue weighted by Gasteiger charge is -2.17. The number of para-hydroxylation sites is 2. The summed E-state index contributed by atoms with van der Waals surface area (Å²) < 4.78 is 27.9. The summed E-state index contributed by atoms with van der Waals surface area (Å²) in [5, 5.41) is 2.67. The first kappa shape index (κ1) is 17.8. The van der Waals surface area contributed by atoms with Crippen LogP contribution in [0.2, 0.25) is 0 Å². The molecule has 7 heteroatoms. The number of hydrogen-bond acceptors (Lipinski definition) is 3. The van der Waals surface area contributed by atoms with Crippen molar-refractivity contribution in [2.45, 2.75) is 18.7 Å². The Kier molecular flexibility index (Phi) is 5.14. The average Bonchev–Trinajstić information content (AvgIpc) is 2.48. The molecule has 128 valence electrons. The maximum atomic E-state index is 12.7. The molecule has 2 aromatic rings. The van der Waals surface area contributed by atoms with E-state index in [0.29, 0.717) is 16.9 Å². The Bertz CT molecular complexity index is 861. The van der Waals surface area contributed by atoms with Gasteiger partial charge in [0.25, 0.3) is 10.0 Å². The van der Waals surface area contributed by atoms with E-state index in [4.69, 9.17) is 0 Å². The molecule has 24 heavy (non-hydrogen) atoms. The van der Waals surface area contributed by atoms with E-state index < -0.39 is 10.0 Å². The predicted octanol–water partition coefficient (Wildman–Crippen LogP) is 3.20. The van der Waals surface area contributed by atoms with E-state index >= 15 is 0 Å². The number of carbonyl (C=O) groups is 1. The molecule has 0 aliphatic carbocycles. The first-order valence-electron chi connectivity index (χ1n) is 7.38. The lowest BCUT2D eigenvalue weighted by atomic mass is 10.2. The molecule has 2 aromatic carbocycles. The van der Waals surface area contributed by atoms with Crippen LogP contribution in [-0.4, -0.2) is 33.4 Å². The SMILES string of the molecule is Cc1ccc(S(=O)(=O)Nc2ccccc2NC(=O)N(C)C)c(C)c1. The summed E-state index contributed by atoms with van der Waals surface area (Å²) in [6, 6.07) is 11.5. The molecule has 2 amide bonds. The van der Waals surface area contributed by atoms with E-state index in [1.807, 2.05) is 13.0 Å². The normalized spacial score (nSPS) is 11.0. The summed E-state index contributed by atoms with van der Waals surface area (Å²) in [6.07, 6.45) is 0. The highest BCUT2D eigenvalue weighted by Gasteiger charge is 2.19. The van der Waals surface area contributed by atoms with Crippen LogP contribution in [0, 0.1) is 13.8 Å². The predicted molar refractivity (Wildman–Crippen MR) is 95.9 cm³/mol. The van der Waals surface area contributed by atoms with Crippen molar-refractivity contribution in [3.63, 3.8) is 0 Å². The first-order valence-corrected chi connectivity index (χ1v) is 8.86. The molecule has 0 bridgehead atoms. The number of aryl methyl sites for hydroxylation is 2. The fourth-order valence-corrected chi connectivity index (χ4v) is 3.52. The second-order valence-corrected chi connectivity index (χ2v) is 7.40. The number of carbonyl (C=O) groups excluding carboxylic acids is 1. The van der Waals surface area contributed by atoms with Gasteiger partial charge in [0.05, 0.1) is 16.3 Å². The molecule has 0 aliphatic heterocycles. The van der Waals surface area contributed by atoms with Gasteiger partial charge in [-0.25, -0.2) is 13.2 Å². The van der Waals surface area contributed by atoms with Gasteiger partial charge in [-0.1, -0.05) is 29.8 Å². The fourth-order valence-electron chi connectivity index (χ4n) is 2.21. The van der Waals surface area contributed by atoms with Crippen LogP contribution in [0.5, 0.6) is 0 Å². The maximum absolute atomic E-state index is 12.7. The van der Waals surface area contributed by atoms with E-state index in [2.05, 4.69) is 10.0 Å². The minimum absolute atomic E-state index is 0.210. The molecule has 0 aliphatic rings. The molecule has 0 atom stereocenters. The van der Waals surface area contributed by atoms with Gasteiger partial charge in [-0.2, -0.15) is 0 Å². The van der Waals surface area contributed by atoms with E-state index in [9.17, 15) is 13.2 Å². The van der Waals surface area contributed by atoms with Crippen molar-refractivity contribution in [2.24, 2.45) is 0 Å². The number of sulfonamides is 1. The Labute approximate surface area is 142 Å². The number of nitrogens with one attached hydrogen (secondary N) is 2. The van der Waals surface area contributed by atoms with E-state index in [1.54, 1.807) is 57.4 Å². The topological polar surface area (TPSA) is 78.5 Å². The number of hydrogen-bond donors (Lipinski definition) is 2. The third kappa shape index (κ3) is 4.05. The molecule has 0 radical (unpaired) electrons. The Morgan fingerprint density at radius 1 is 1.00 bits per heavy atom. The van der Waals surface area contributed by atoms with Crippen LogP contribution in [0.1, 0.15) is 11.1 Å². The van der Waals surface area contributed by atoms with Crippen molar-refractivity contribution in [1.29, 1.82) is 0 Å². The molecular formula is C17H21N3O3S. The number of amides is 2. The third-order valence-electron chi connectivity index (χ3n) is 3.44. The van der Waals surface area contributed by atoms with Crippen molar-refractivity contribution in [3.05, 3.63) is 53.6 Å². The van der Waals surface area contributed by atoms with Crippen LogP contribution in [0.15, 0.2) is 47.4 Å². The van der Waals surface area contributed by atoms with E-state index in [1.165, 1.54) is 4.90 Å². The molecule has 6 nitrogen and oxygen atoms in total. The van der Waals surface area contributed by atoms with Gasteiger partial charge in [0.1, 0.15) is 0 Å². The summed E-state index contributed by atoms with van der Waals surface area (Å²) in [5.74, 6) is 0. The molecule has 0 spiro atoms. The number of nitrogens with zero attached hydrogens (tertiary/aromatic N) is 1. The molecule has 0 saturated carbocycles. The largest absolute Gasteiger partial charge is 0.331 e. The molecule has 0 unspecified atom stereocenters. The number of benzene rings is 2. The summed E-state index contributed by atoms with van der Waals surface area (Å²) >= 11 is 0. The fraction of sp³-hybridized carbons (Fsp3) is 0.235. The highest BCUT2D eigenvalue weighted by Crippen LogP contribution is 2.26. The van der Waals surface area contributed by atoms with Gasteiger partial charge in [0.15, 0.2) is 0 Å². The van der Waals surface area contributed by atoms with Gasteiger partial charge < -0.3 is 10.2 Å². The van der Waals surface area contributed by atoms with Crippen molar-refractivity contribution < 1.29 is 13.2 Å². The minimum atomic E-state index is -3.75. The quantitative estimate of drug-likeness (QED) is 0.891. The highest BCUT2D eigenvalue weighted by molar-refractivity contribution is 7.92. The maximum Gasteiger partial charge on any atom is 0.321 e. The first-order chi connectivity index (χ1) is 11.2. The van der Waals surface area contributed by atoms with Crippen LogP contribution >= 0.6 is 0 Å². The number of urea groups is 1. The summed E-state index contributed by atoms with van der Waals surface area (Å²) in [7, 11) is -0.536. The summed E-state index contributed by atoms with van der Waals surface area (Å²) in [4.78, 5) is 13.4. The van der Waals surface area contributed by atoms with Gasteiger partial charge in [0.2, 0.25) is 0 Å². The Morgan fingerprint density at radius 2 is 1.62 bits per heavy atom. The molecule has 0 fully saturated rings. The van der Waals surface area contributed by atoms with Gasteiger partial charge in [-0.3, -0.25) is 4.72 Å². The smallest absolute Gasteiger partial charge is 0.321 e. The van der Waals surface area contributed by atoms with Gasteiger partial charge in [-0.15, -0.1) is 0 Å². The highest BCUT2D eigenvalue weighted by atomic mass is 32.2. The summed E-state index contributed by atoms with van der Waals surface area (Å²) in [5.41, 5.74) is 2.36. The Hall–Kier alpha value is -2.54. The summed E-state index contributed by atoms with van der Waals surface area (Å²) in [6.45, 7) is 3.66. The van der Waals surface area contributed by atoms with Crippen molar-refractivity contribution in [3.8, 4) is 0 Å². The van der Waals surface area contributed by atoms with Gasteiger partial charge in [-0.05, 0) is 37.6 Å². The third-order valence-corrected chi connectivity index (χ3v) is 4.96. The zero-order chi connectivity index (χ0) is 17.9. The molecular weight excluding hydrogens is 326 g/mol.